The summed E-state index contributed by atoms with van der Waals surface area (Å²) >= 11 is 0. The number of benzene rings is 1. The molecular weight excluding hydrogens is 308 g/mol. The molecule has 0 fully saturated rings. The molecule has 0 aliphatic carbocycles. The van der Waals surface area contributed by atoms with Crippen LogP contribution >= 0.6 is 0 Å². The van der Waals surface area contributed by atoms with Crippen molar-refractivity contribution in [2.24, 2.45) is 0 Å². The molecule has 0 aliphatic heterocycles. The van der Waals surface area contributed by atoms with Gasteiger partial charge in [0.25, 0.3) is 0 Å². The molecule has 1 aromatic carbocycles. The molecular formula is C18H26N2O2S. The van der Waals surface area contributed by atoms with Crippen molar-refractivity contribution in [1.29, 1.82) is 0 Å². The lowest BCUT2D eigenvalue weighted by molar-refractivity contribution is 0.322. The summed E-state index contributed by atoms with van der Waals surface area (Å²) in [5, 5.41) is 1.85. The third-order valence-corrected chi connectivity index (χ3v) is 6.29. The van der Waals surface area contributed by atoms with E-state index < -0.39 is 10.0 Å². The van der Waals surface area contributed by atoms with Crippen LogP contribution in [0.15, 0.2) is 41.6 Å². The summed E-state index contributed by atoms with van der Waals surface area (Å²) in [5.41, 5.74) is 0. The molecule has 1 heterocycles. The minimum atomic E-state index is -3.47. The van der Waals surface area contributed by atoms with E-state index in [0.717, 1.165) is 36.5 Å². The van der Waals surface area contributed by atoms with Crippen molar-refractivity contribution in [1.82, 2.24) is 9.29 Å². The minimum absolute atomic E-state index is 0.00462. The van der Waals surface area contributed by atoms with Crippen LogP contribution < -0.4 is 0 Å². The molecule has 2 aromatic rings. The molecule has 126 valence electrons. The Morgan fingerprint density at radius 3 is 2.61 bits per heavy atom. The highest BCUT2D eigenvalue weighted by Crippen LogP contribution is 2.24. The smallest absolute Gasteiger partial charge is 0.243 e. The Kier molecular flexibility index (Phi) is 6.13. The maximum Gasteiger partial charge on any atom is 0.243 e. The van der Waals surface area contributed by atoms with E-state index in [1.807, 2.05) is 26.0 Å². The number of nitrogens with zero attached hydrogens (tertiary/aromatic N) is 2. The number of pyridine rings is 1. The van der Waals surface area contributed by atoms with Gasteiger partial charge < -0.3 is 0 Å². The largest absolute Gasteiger partial charge is 0.264 e. The van der Waals surface area contributed by atoms with E-state index in [4.69, 9.17) is 0 Å². The number of aromatic nitrogens is 1. The number of unbranched alkanes of at least 4 members (excludes halogenated alkanes) is 2. The van der Waals surface area contributed by atoms with Gasteiger partial charge in [0.15, 0.2) is 0 Å². The lowest BCUT2D eigenvalue weighted by Crippen LogP contribution is -2.39. The Morgan fingerprint density at radius 2 is 1.91 bits per heavy atom. The molecule has 0 unspecified atom stereocenters. The predicted octanol–water partition coefficient (Wildman–Crippen LogP) is 4.21. The van der Waals surface area contributed by atoms with Crippen LogP contribution in [-0.4, -0.2) is 30.3 Å². The third-order valence-electron chi connectivity index (χ3n) is 4.28. The monoisotopic (exact) mass is 334 g/mol. The van der Waals surface area contributed by atoms with Gasteiger partial charge in [-0.1, -0.05) is 32.8 Å². The lowest BCUT2D eigenvalue weighted by atomic mass is 10.2. The molecule has 0 bridgehead atoms. The van der Waals surface area contributed by atoms with Gasteiger partial charge in [-0.2, -0.15) is 4.31 Å². The van der Waals surface area contributed by atoms with Gasteiger partial charge in [0.1, 0.15) is 0 Å². The van der Waals surface area contributed by atoms with Crippen LogP contribution in [0.1, 0.15) is 46.5 Å². The fourth-order valence-corrected chi connectivity index (χ4v) is 4.44. The fourth-order valence-electron chi connectivity index (χ4n) is 2.66. The zero-order chi connectivity index (χ0) is 16.9. The number of sulfonamides is 1. The number of rotatable bonds is 8. The summed E-state index contributed by atoms with van der Waals surface area (Å²) in [7, 11) is -3.47. The SMILES string of the molecule is CCCCCN([C@H](C)CC)S(=O)(=O)c1ccc2cnccc2c1. The molecule has 4 nitrogen and oxygen atoms in total. The standard InChI is InChI=1S/C18H26N2O2S/c1-4-6-7-12-20(15(3)5-2)23(21,22)18-9-8-17-14-19-11-10-16(17)13-18/h8-11,13-15H,4-7,12H2,1-3H3/t15-/m1/s1. The van der Waals surface area contributed by atoms with E-state index in [-0.39, 0.29) is 6.04 Å². The van der Waals surface area contributed by atoms with Crippen molar-refractivity contribution in [3.63, 3.8) is 0 Å². The molecule has 1 atom stereocenters. The Labute approximate surface area is 139 Å². The summed E-state index contributed by atoms with van der Waals surface area (Å²) in [6.07, 6.45) is 7.27. The highest BCUT2D eigenvalue weighted by molar-refractivity contribution is 7.89. The maximum absolute atomic E-state index is 13.1. The molecule has 23 heavy (non-hydrogen) atoms. The van der Waals surface area contributed by atoms with Crippen LogP contribution in [0.2, 0.25) is 0 Å². The van der Waals surface area contributed by atoms with Gasteiger partial charge >= 0.3 is 0 Å². The van der Waals surface area contributed by atoms with Crippen LogP contribution in [0.4, 0.5) is 0 Å². The molecule has 0 saturated carbocycles. The van der Waals surface area contributed by atoms with Crippen LogP contribution in [0.3, 0.4) is 0 Å². The van der Waals surface area contributed by atoms with Gasteiger partial charge in [-0.05, 0) is 43.4 Å². The number of fused-ring (bicyclic) bond motifs is 1. The topological polar surface area (TPSA) is 50.3 Å². The molecule has 0 saturated heterocycles. The van der Waals surface area contributed by atoms with Gasteiger partial charge in [-0.3, -0.25) is 4.98 Å². The molecule has 0 radical (unpaired) electrons. The predicted molar refractivity (Wildman–Crippen MR) is 94.9 cm³/mol. The second-order valence-corrected chi connectivity index (χ2v) is 7.86. The number of hydrogen-bond donors (Lipinski definition) is 0. The van der Waals surface area contributed by atoms with Crippen LogP contribution in [0, 0.1) is 0 Å². The highest BCUT2D eigenvalue weighted by Gasteiger charge is 2.27. The van der Waals surface area contributed by atoms with Gasteiger partial charge in [0.2, 0.25) is 10.0 Å². The van der Waals surface area contributed by atoms with Crippen molar-refractivity contribution in [3.8, 4) is 0 Å². The van der Waals surface area contributed by atoms with E-state index in [0.29, 0.717) is 11.4 Å². The zero-order valence-electron chi connectivity index (χ0n) is 14.2. The van der Waals surface area contributed by atoms with Gasteiger partial charge in [-0.15, -0.1) is 0 Å². The second-order valence-electron chi connectivity index (χ2n) is 5.96. The molecule has 0 aliphatic rings. The van der Waals surface area contributed by atoms with Crippen molar-refractivity contribution >= 4 is 20.8 Å². The maximum atomic E-state index is 13.1. The second kappa shape index (κ2) is 7.88. The van der Waals surface area contributed by atoms with Crippen molar-refractivity contribution in [3.05, 3.63) is 36.7 Å². The molecule has 0 spiro atoms. The van der Waals surface area contributed by atoms with E-state index in [1.54, 1.807) is 28.8 Å². The van der Waals surface area contributed by atoms with E-state index in [2.05, 4.69) is 11.9 Å². The van der Waals surface area contributed by atoms with Crippen molar-refractivity contribution in [2.75, 3.05) is 6.54 Å². The van der Waals surface area contributed by atoms with E-state index in [1.165, 1.54) is 0 Å². The molecule has 5 heteroatoms. The van der Waals surface area contributed by atoms with Crippen LogP contribution in [-0.2, 0) is 10.0 Å². The minimum Gasteiger partial charge on any atom is -0.264 e. The lowest BCUT2D eigenvalue weighted by Gasteiger charge is -2.28. The van der Waals surface area contributed by atoms with Crippen LogP contribution in [0.5, 0.6) is 0 Å². The first-order valence-corrected chi connectivity index (χ1v) is 9.80. The normalized spacial score (nSPS) is 13.6. The Hall–Kier alpha value is -1.46. The quantitative estimate of drug-likeness (QED) is 0.679. The summed E-state index contributed by atoms with van der Waals surface area (Å²) in [4.78, 5) is 4.44. The first-order chi connectivity index (χ1) is 11.0. The summed E-state index contributed by atoms with van der Waals surface area (Å²) in [6.45, 7) is 6.71. The van der Waals surface area contributed by atoms with Crippen molar-refractivity contribution < 1.29 is 8.42 Å². The summed E-state index contributed by atoms with van der Waals surface area (Å²) in [5.74, 6) is 0. The third kappa shape index (κ3) is 4.09. The summed E-state index contributed by atoms with van der Waals surface area (Å²) in [6, 6.07) is 7.12. The first kappa shape index (κ1) is 17.9. The highest BCUT2D eigenvalue weighted by atomic mass is 32.2. The average Bonchev–Trinajstić information content (AvgIpc) is 2.57. The molecule has 0 amide bonds. The average molecular weight is 334 g/mol. The fraction of sp³-hybridized carbons (Fsp3) is 0.500. The molecule has 2 rings (SSSR count). The number of hydrogen-bond acceptors (Lipinski definition) is 3. The van der Waals surface area contributed by atoms with Crippen molar-refractivity contribution in [2.45, 2.75) is 57.4 Å². The summed E-state index contributed by atoms with van der Waals surface area (Å²) < 4.78 is 27.8. The zero-order valence-corrected chi connectivity index (χ0v) is 15.0. The Morgan fingerprint density at radius 1 is 1.13 bits per heavy atom. The first-order valence-electron chi connectivity index (χ1n) is 8.36. The van der Waals surface area contributed by atoms with E-state index >= 15 is 0 Å². The van der Waals surface area contributed by atoms with Crippen LogP contribution in [0.25, 0.3) is 10.8 Å². The van der Waals surface area contributed by atoms with Gasteiger partial charge in [-0.25, -0.2) is 8.42 Å². The van der Waals surface area contributed by atoms with E-state index in [9.17, 15) is 8.42 Å². The Balaban J connectivity index is 2.37. The Bertz CT molecular complexity index is 744. The molecule has 1 aromatic heterocycles. The van der Waals surface area contributed by atoms with Gasteiger partial charge in [0.05, 0.1) is 4.90 Å². The van der Waals surface area contributed by atoms with Gasteiger partial charge in [0, 0.05) is 30.4 Å². The molecule has 0 N–H and O–H groups in total.